The van der Waals surface area contributed by atoms with Crippen LogP contribution in [0.25, 0.3) is 0 Å². The van der Waals surface area contributed by atoms with Gasteiger partial charge in [-0.2, -0.15) is 11.3 Å². The van der Waals surface area contributed by atoms with Gasteiger partial charge < -0.3 is 9.47 Å². The second-order valence-electron chi connectivity index (χ2n) is 3.46. The van der Waals surface area contributed by atoms with Crippen LogP contribution in [-0.4, -0.2) is 14.2 Å². The van der Waals surface area contributed by atoms with Crippen LogP contribution in [0, 0.1) is 0 Å². The lowest BCUT2D eigenvalue weighted by molar-refractivity contribution is 0.352. The van der Waals surface area contributed by atoms with Gasteiger partial charge in [0.1, 0.15) is 0 Å². The third kappa shape index (κ3) is 2.19. The van der Waals surface area contributed by atoms with Gasteiger partial charge in [-0.05, 0) is 28.5 Å². The van der Waals surface area contributed by atoms with Crippen LogP contribution in [0.2, 0.25) is 0 Å². The van der Waals surface area contributed by atoms with Crippen molar-refractivity contribution in [2.45, 2.75) is 6.42 Å². The van der Waals surface area contributed by atoms with Crippen molar-refractivity contribution >= 4 is 11.3 Å². The molecule has 84 valence electrons. The molecule has 0 saturated carbocycles. The molecular formula is C13H14O2S. The highest BCUT2D eigenvalue weighted by Gasteiger charge is 2.09. The first-order valence-corrected chi connectivity index (χ1v) is 6.00. The number of rotatable bonds is 4. The Morgan fingerprint density at radius 3 is 2.62 bits per heavy atom. The van der Waals surface area contributed by atoms with E-state index >= 15 is 0 Å². The number of hydrogen-bond donors (Lipinski definition) is 0. The number of thiophene rings is 1. The molecule has 0 spiro atoms. The first-order chi connectivity index (χ1) is 7.85. The Morgan fingerprint density at radius 1 is 1.12 bits per heavy atom. The fourth-order valence-electron chi connectivity index (χ4n) is 1.71. The summed E-state index contributed by atoms with van der Waals surface area (Å²) in [7, 11) is 3.33. The second-order valence-corrected chi connectivity index (χ2v) is 4.24. The van der Waals surface area contributed by atoms with Crippen LogP contribution in [0.4, 0.5) is 0 Å². The first-order valence-electron chi connectivity index (χ1n) is 5.06. The van der Waals surface area contributed by atoms with Gasteiger partial charge in [-0.3, -0.25) is 0 Å². The number of methoxy groups -OCH3 is 2. The SMILES string of the molecule is COc1cccc(Cc2ccsc2)c1OC. The van der Waals surface area contributed by atoms with Crippen LogP contribution in [0.5, 0.6) is 11.5 Å². The summed E-state index contributed by atoms with van der Waals surface area (Å²) >= 11 is 1.71. The molecule has 0 fully saturated rings. The van der Waals surface area contributed by atoms with E-state index in [2.05, 4.69) is 22.9 Å². The zero-order chi connectivity index (χ0) is 11.4. The normalized spacial score (nSPS) is 10.1. The molecule has 0 aliphatic heterocycles. The average molecular weight is 234 g/mol. The molecule has 2 nitrogen and oxygen atoms in total. The third-order valence-electron chi connectivity index (χ3n) is 2.46. The smallest absolute Gasteiger partial charge is 0.164 e. The quantitative estimate of drug-likeness (QED) is 0.807. The maximum Gasteiger partial charge on any atom is 0.164 e. The zero-order valence-electron chi connectivity index (χ0n) is 9.40. The van der Waals surface area contributed by atoms with Crippen molar-refractivity contribution < 1.29 is 9.47 Å². The van der Waals surface area contributed by atoms with Gasteiger partial charge >= 0.3 is 0 Å². The topological polar surface area (TPSA) is 18.5 Å². The summed E-state index contributed by atoms with van der Waals surface area (Å²) in [6, 6.07) is 8.10. The van der Waals surface area contributed by atoms with Gasteiger partial charge in [0.2, 0.25) is 0 Å². The summed E-state index contributed by atoms with van der Waals surface area (Å²) in [5.41, 5.74) is 2.46. The van der Waals surface area contributed by atoms with E-state index in [-0.39, 0.29) is 0 Å². The van der Waals surface area contributed by atoms with E-state index in [0.29, 0.717) is 0 Å². The Kier molecular flexibility index (Phi) is 3.47. The fourth-order valence-corrected chi connectivity index (χ4v) is 2.37. The van der Waals surface area contributed by atoms with Gasteiger partial charge in [-0.15, -0.1) is 0 Å². The summed E-state index contributed by atoms with van der Waals surface area (Å²) in [5.74, 6) is 1.62. The van der Waals surface area contributed by atoms with Crippen molar-refractivity contribution in [1.29, 1.82) is 0 Å². The molecule has 1 aromatic carbocycles. The van der Waals surface area contributed by atoms with Gasteiger partial charge in [-0.25, -0.2) is 0 Å². The Hall–Kier alpha value is -1.48. The Bertz CT molecular complexity index is 449. The molecule has 3 heteroatoms. The lowest BCUT2D eigenvalue weighted by Gasteiger charge is -2.11. The van der Waals surface area contributed by atoms with Crippen molar-refractivity contribution in [3.05, 3.63) is 46.2 Å². The van der Waals surface area contributed by atoms with Crippen LogP contribution in [0.15, 0.2) is 35.0 Å². The molecule has 0 saturated heterocycles. The lowest BCUT2D eigenvalue weighted by Crippen LogP contribution is -1.96. The van der Waals surface area contributed by atoms with E-state index in [1.165, 1.54) is 5.56 Å². The van der Waals surface area contributed by atoms with Crippen molar-refractivity contribution in [3.63, 3.8) is 0 Å². The number of hydrogen-bond acceptors (Lipinski definition) is 3. The van der Waals surface area contributed by atoms with E-state index in [9.17, 15) is 0 Å². The summed E-state index contributed by atoms with van der Waals surface area (Å²) < 4.78 is 10.7. The van der Waals surface area contributed by atoms with E-state index in [4.69, 9.17) is 9.47 Å². The molecule has 16 heavy (non-hydrogen) atoms. The fraction of sp³-hybridized carbons (Fsp3) is 0.231. The van der Waals surface area contributed by atoms with Crippen LogP contribution in [-0.2, 0) is 6.42 Å². The van der Waals surface area contributed by atoms with Crippen molar-refractivity contribution in [3.8, 4) is 11.5 Å². The molecule has 0 atom stereocenters. The molecule has 1 aromatic heterocycles. The van der Waals surface area contributed by atoms with Gasteiger partial charge in [-0.1, -0.05) is 12.1 Å². The molecule has 0 unspecified atom stereocenters. The summed E-state index contributed by atoms with van der Waals surface area (Å²) in [6.45, 7) is 0. The largest absolute Gasteiger partial charge is 0.493 e. The highest BCUT2D eigenvalue weighted by atomic mass is 32.1. The molecular weight excluding hydrogens is 220 g/mol. The molecule has 0 amide bonds. The summed E-state index contributed by atoms with van der Waals surface area (Å²) in [6.07, 6.45) is 0.879. The minimum atomic E-state index is 0.787. The van der Waals surface area contributed by atoms with Gasteiger partial charge in [0.05, 0.1) is 14.2 Å². The van der Waals surface area contributed by atoms with Crippen LogP contribution >= 0.6 is 11.3 Å². The van der Waals surface area contributed by atoms with Gasteiger partial charge in [0.15, 0.2) is 11.5 Å². The van der Waals surface area contributed by atoms with E-state index in [0.717, 1.165) is 23.5 Å². The molecule has 0 aliphatic carbocycles. The molecule has 0 N–H and O–H groups in total. The zero-order valence-corrected chi connectivity index (χ0v) is 10.2. The standard InChI is InChI=1S/C13H14O2S/c1-14-12-5-3-4-11(13(12)15-2)8-10-6-7-16-9-10/h3-7,9H,8H2,1-2H3. The second kappa shape index (κ2) is 5.03. The monoisotopic (exact) mass is 234 g/mol. The van der Waals surface area contributed by atoms with Crippen molar-refractivity contribution in [2.75, 3.05) is 14.2 Å². The molecule has 2 rings (SSSR count). The van der Waals surface area contributed by atoms with Crippen LogP contribution in [0.3, 0.4) is 0 Å². The third-order valence-corrected chi connectivity index (χ3v) is 3.19. The minimum absolute atomic E-state index is 0.787. The predicted octanol–water partition coefficient (Wildman–Crippen LogP) is 3.36. The van der Waals surface area contributed by atoms with Crippen LogP contribution in [0.1, 0.15) is 11.1 Å². The van der Waals surface area contributed by atoms with Crippen molar-refractivity contribution in [1.82, 2.24) is 0 Å². The van der Waals surface area contributed by atoms with Gasteiger partial charge in [0, 0.05) is 12.0 Å². The summed E-state index contributed by atoms with van der Waals surface area (Å²) in [4.78, 5) is 0. The van der Waals surface area contributed by atoms with E-state index < -0.39 is 0 Å². The Labute approximate surface area is 99.5 Å². The molecule has 0 radical (unpaired) electrons. The first kappa shape index (κ1) is 11.0. The minimum Gasteiger partial charge on any atom is -0.493 e. The summed E-state index contributed by atoms with van der Waals surface area (Å²) in [5, 5.41) is 4.24. The molecule has 0 bridgehead atoms. The highest BCUT2D eigenvalue weighted by Crippen LogP contribution is 2.32. The van der Waals surface area contributed by atoms with Crippen molar-refractivity contribution in [2.24, 2.45) is 0 Å². The molecule has 2 aromatic rings. The highest BCUT2D eigenvalue weighted by molar-refractivity contribution is 7.07. The Morgan fingerprint density at radius 2 is 2.00 bits per heavy atom. The lowest BCUT2D eigenvalue weighted by atomic mass is 10.1. The molecule has 1 heterocycles. The number of benzene rings is 1. The predicted molar refractivity (Wildman–Crippen MR) is 66.7 cm³/mol. The van der Waals surface area contributed by atoms with Crippen LogP contribution < -0.4 is 9.47 Å². The van der Waals surface area contributed by atoms with Gasteiger partial charge in [0.25, 0.3) is 0 Å². The maximum atomic E-state index is 5.39. The van der Waals surface area contributed by atoms with E-state index in [1.54, 1.807) is 25.6 Å². The molecule has 0 aliphatic rings. The average Bonchev–Trinajstić information content (AvgIpc) is 2.81. The number of para-hydroxylation sites is 1. The Balaban J connectivity index is 2.33. The number of ether oxygens (including phenoxy) is 2. The maximum absolute atomic E-state index is 5.39. The van der Waals surface area contributed by atoms with E-state index in [1.807, 2.05) is 12.1 Å².